The molecule has 2 heterocycles. The summed E-state index contributed by atoms with van der Waals surface area (Å²) >= 11 is 7.82. The van der Waals surface area contributed by atoms with Gasteiger partial charge in [0.25, 0.3) is 0 Å². The number of aliphatic carboxylic acids is 2. The average Bonchev–Trinajstić information content (AvgIpc) is 2.89. The van der Waals surface area contributed by atoms with Crippen LogP contribution in [0.2, 0.25) is 5.02 Å². The number of carboxylic acids is 2. The van der Waals surface area contributed by atoms with Crippen LogP contribution < -0.4 is 4.74 Å². The predicted octanol–water partition coefficient (Wildman–Crippen LogP) is 5.12. The second kappa shape index (κ2) is 10.8. The Balaban J connectivity index is 0.000000312. The maximum atomic E-state index is 13.7. The Morgan fingerprint density at radius 1 is 1.09 bits per heavy atom. The zero-order valence-corrected chi connectivity index (χ0v) is 18.9. The van der Waals surface area contributed by atoms with Crippen molar-refractivity contribution in [3.8, 4) is 5.75 Å². The third kappa shape index (κ3) is 6.48. The van der Waals surface area contributed by atoms with Crippen molar-refractivity contribution in [1.29, 1.82) is 0 Å². The molecule has 0 aliphatic carbocycles. The molecule has 0 bridgehead atoms. The smallest absolute Gasteiger partial charge is 0.328 e. The molecule has 1 fully saturated rings. The molecule has 32 heavy (non-hydrogen) atoms. The molecule has 1 atom stereocenters. The van der Waals surface area contributed by atoms with E-state index in [0.29, 0.717) is 23.1 Å². The number of piperidine rings is 1. The van der Waals surface area contributed by atoms with Crippen LogP contribution in [0, 0.1) is 11.7 Å². The Hall–Kier alpha value is -2.55. The van der Waals surface area contributed by atoms with Gasteiger partial charge in [-0.25, -0.2) is 14.0 Å². The van der Waals surface area contributed by atoms with Gasteiger partial charge in [-0.2, -0.15) is 0 Å². The van der Waals surface area contributed by atoms with E-state index < -0.39 is 11.9 Å². The highest BCUT2D eigenvalue weighted by Crippen LogP contribution is 2.48. The van der Waals surface area contributed by atoms with Gasteiger partial charge < -0.3 is 19.8 Å². The third-order valence-electron chi connectivity index (χ3n) is 5.22. The molecule has 0 saturated carbocycles. The van der Waals surface area contributed by atoms with Crippen LogP contribution in [0.5, 0.6) is 5.75 Å². The van der Waals surface area contributed by atoms with Crippen LogP contribution in [0.15, 0.2) is 58.3 Å². The lowest BCUT2D eigenvalue weighted by molar-refractivity contribution is -0.134. The minimum atomic E-state index is -1.26. The van der Waals surface area contributed by atoms with Crippen LogP contribution in [-0.2, 0) is 9.59 Å². The van der Waals surface area contributed by atoms with Crippen molar-refractivity contribution in [3.63, 3.8) is 0 Å². The minimum Gasteiger partial charge on any atom is -0.484 e. The first-order valence-corrected chi connectivity index (χ1v) is 11.2. The normalized spacial score (nSPS) is 18.5. The molecule has 1 saturated heterocycles. The van der Waals surface area contributed by atoms with Crippen LogP contribution in [0.25, 0.3) is 0 Å². The first-order chi connectivity index (χ1) is 15.2. The fourth-order valence-corrected chi connectivity index (χ4v) is 4.87. The topological polar surface area (TPSA) is 87.1 Å². The average molecular weight is 480 g/mol. The van der Waals surface area contributed by atoms with Gasteiger partial charge in [0.1, 0.15) is 17.7 Å². The van der Waals surface area contributed by atoms with E-state index >= 15 is 0 Å². The van der Waals surface area contributed by atoms with E-state index in [9.17, 15) is 14.0 Å². The Labute approximate surface area is 194 Å². The summed E-state index contributed by atoms with van der Waals surface area (Å²) in [5.41, 5.74) is 1.12. The van der Waals surface area contributed by atoms with Crippen molar-refractivity contribution in [1.82, 2.24) is 4.90 Å². The molecule has 0 radical (unpaired) electrons. The Kier molecular flexibility index (Phi) is 8.17. The van der Waals surface area contributed by atoms with Gasteiger partial charge in [0.05, 0.1) is 4.90 Å². The molecule has 1 unspecified atom stereocenters. The maximum Gasteiger partial charge on any atom is 0.328 e. The Bertz CT molecular complexity index is 1010. The molecular formula is C23H23ClFNO5S. The fraction of sp³-hybridized carbons (Fsp3) is 0.304. The molecule has 2 aliphatic heterocycles. The molecule has 6 nitrogen and oxygen atoms in total. The summed E-state index contributed by atoms with van der Waals surface area (Å²) in [6, 6.07) is 10.7. The van der Waals surface area contributed by atoms with E-state index in [0.717, 1.165) is 47.0 Å². The fourth-order valence-electron chi connectivity index (χ4n) is 3.64. The number of hydrogen-bond acceptors (Lipinski definition) is 5. The van der Waals surface area contributed by atoms with E-state index in [1.165, 1.54) is 6.07 Å². The highest BCUT2D eigenvalue weighted by molar-refractivity contribution is 7.99. The summed E-state index contributed by atoms with van der Waals surface area (Å²) in [4.78, 5) is 23.4. The standard InChI is InChI=1S/C19H19ClFNOS.C4H4O4/c1-22-8-6-12(7-9-22)19-15-10-13(20)2-5-17(15)24-18-11-14(21)3-4-16(18)23-19;5-3(6)1-2-4(7)8/h2-5,10-12,19H,6-9H2,1H3;1-2H,(H,5,6)(H,7,8)/b;2-1+. The van der Waals surface area contributed by atoms with E-state index in [4.69, 9.17) is 26.6 Å². The van der Waals surface area contributed by atoms with E-state index in [1.54, 1.807) is 23.9 Å². The minimum absolute atomic E-state index is 0.0355. The molecule has 2 aromatic carbocycles. The van der Waals surface area contributed by atoms with Gasteiger partial charge >= 0.3 is 11.9 Å². The van der Waals surface area contributed by atoms with Crippen molar-refractivity contribution < 1.29 is 28.9 Å². The summed E-state index contributed by atoms with van der Waals surface area (Å²) in [5.74, 6) is -1.55. The number of fused-ring (bicyclic) bond motifs is 2. The molecule has 170 valence electrons. The van der Waals surface area contributed by atoms with Crippen molar-refractivity contribution in [2.75, 3.05) is 20.1 Å². The molecule has 2 aromatic rings. The lowest BCUT2D eigenvalue weighted by Crippen LogP contribution is -2.34. The van der Waals surface area contributed by atoms with Crippen LogP contribution >= 0.6 is 23.4 Å². The van der Waals surface area contributed by atoms with Crippen LogP contribution in [0.3, 0.4) is 0 Å². The Morgan fingerprint density at radius 3 is 2.38 bits per heavy atom. The van der Waals surface area contributed by atoms with Crippen molar-refractivity contribution in [2.45, 2.75) is 28.7 Å². The molecule has 9 heteroatoms. The number of likely N-dealkylation sites (tertiary alicyclic amines) is 1. The number of rotatable bonds is 3. The van der Waals surface area contributed by atoms with Gasteiger partial charge in [-0.3, -0.25) is 0 Å². The lowest BCUT2D eigenvalue weighted by Gasteiger charge is -2.34. The maximum absolute atomic E-state index is 13.7. The summed E-state index contributed by atoms with van der Waals surface area (Å²) < 4.78 is 20.1. The molecule has 4 rings (SSSR count). The highest BCUT2D eigenvalue weighted by atomic mass is 35.5. The van der Waals surface area contributed by atoms with Gasteiger partial charge in [0.15, 0.2) is 0 Å². The van der Waals surface area contributed by atoms with Crippen molar-refractivity contribution >= 4 is 35.3 Å². The van der Waals surface area contributed by atoms with Crippen LogP contribution in [0.1, 0.15) is 24.5 Å². The number of carboxylic acid groups (broad SMARTS) is 2. The number of carbonyl (C=O) groups is 2. The number of hydrogen-bond donors (Lipinski definition) is 2. The van der Waals surface area contributed by atoms with Gasteiger partial charge in [0, 0.05) is 33.6 Å². The molecule has 0 spiro atoms. The van der Waals surface area contributed by atoms with E-state index in [1.807, 2.05) is 18.2 Å². The third-order valence-corrected chi connectivity index (χ3v) is 6.58. The summed E-state index contributed by atoms with van der Waals surface area (Å²) in [6.07, 6.45) is 3.26. The van der Waals surface area contributed by atoms with Crippen molar-refractivity contribution in [3.05, 3.63) is 65.0 Å². The van der Waals surface area contributed by atoms with Gasteiger partial charge in [-0.1, -0.05) is 23.4 Å². The molecule has 0 aromatic heterocycles. The lowest BCUT2D eigenvalue weighted by atomic mass is 9.87. The van der Waals surface area contributed by atoms with Crippen molar-refractivity contribution in [2.24, 2.45) is 5.92 Å². The largest absolute Gasteiger partial charge is 0.484 e. The van der Waals surface area contributed by atoms with E-state index in [2.05, 4.69) is 11.9 Å². The number of nitrogens with zero attached hydrogens (tertiary/aromatic N) is 1. The highest BCUT2D eigenvalue weighted by Gasteiger charge is 2.33. The van der Waals surface area contributed by atoms with Gasteiger partial charge in [-0.15, -0.1) is 0 Å². The summed E-state index contributed by atoms with van der Waals surface area (Å²) in [6.45, 7) is 2.15. The quantitative estimate of drug-likeness (QED) is 0.591. The molecule has 0 amide bonds. The monoisotopic (exact) mass is 479 g/mol. The number of halogens is 2. The summed E-state index contributed by atoms with van der Waals surface area (Å²) in [7, 11) is 2.16. The Morgan fingerprint density at radius 2 is 1.75 bits per heavy atom. The van der Waals surface area contributed by atoms with Gasteiger partial charge in [0.2, 0.25) is 0 Å². The van der Waals surface area contributed by atoms with E-state index in [-0.39, 0.29) is 11.9 Å². The zero-order valence-electron chi connectivity index (χ0n) is 17.3. The zero-order chi connectivity index (χ0) is 23.3. The second-order valence-electron chi connectivity index (χ2n) is 7.56. The predicted molar refractivity (Wildman–Crippen MR) is 120 cm³/mol. The second-order valence-corrected chi connectivity index (χ2v) is 9.08. The summed E-state index contributed by atoms with van der Waals surface area (Å²) in [5, 5.41) is 16.3. The van der Waals surface area contributed by atoms with Crippen LogP contribution in [-0.4, -0.2) is 47.2 Å². The molecule has 2 N–H and O–H groups in total. The molecular weight excluding hydrogens is 457 g/mol. The van der Waals surface area contributed by atoms with Gasteiger partial charge in [-0.05, 0) is 69.4 Å². The number of benzene rings is 2. The first kappa shape index (κ1) is 24.1. The first-order valence-electron chi connectivity index (χ1n) is 9.99. The molecule has 2 aliphatic rings. The SMILES string of the molecule is CN1CCC(C2Oc3ccc(F)cc3Sc3ccc(Cl)cc32)CC1.O=C(O)/C=C/C(=O)O. The number of ether oxygens (including phenoxy) is 1. The van der Waals surface area contributed by atoms with Crippen LogP contribution in [0.4, 0.5) is 4.39 Å².